The highest BCUT2D eigenvalue weighted by atomic mass is 16.5. The van der Waals surface area contributed by atoms with Crippen LogP contribution in [0.1, 0.15) is 38.9 Å². The van der Waals surface area contributed by atoms with Gasteiger partial charge >= 0.3 is 5.97 Å². The molecule has 0 saturated heterocycles. The fraction of sp³-hybridized carbons (Fsp3) is 0.529. The molecule has 126 valence electrons. The molecule has 1 aliphatic heterocycles. The van der Waals surface area contributed by atoms with E-state index in [0.29, 0.717) is 18.0 Å². The van der Waals surface area contributed by atoms with E-state index < -0.39 is 0 Å². The lowest BCUT2D eigenvalue weighted by atomic mass is 9.90. The second-order valence-electron chi connectivity index (χ2n) is 5.90. The number of methoxy groups -OCH3 is 1. The molecular weight excluding hydrogens is 298 g/mol. The molecule has 2 atom stereocenters. The third kappa shape index (κ3) is 4.45. The summed E-state index contributed by atoms with van der Waals surface area (Å²) in [5.41, 5.74) is 1.50. The second kappa shape index (κ2) is 7.46. The first-order valence-corrected chi connectivity index (χ1v) is 7.67. The van der Waals surface area contributed by atoms with Crippen LogP contribution in [0, 0.1) is 5.92 Å². The molecule has 1 amide bonds. The van der Waals surface area contributed by atoms with Crippen LogP contribution in [0.15, 0.2) is 18.2 Å². The lowest BCUT2D eigenvalue weighted by Crippen LogP contribution is -2.30. The predicted octanol–water partition coefficient (Wildman–Crippen LogP) is 2.68. The van der Waals surface area contributed by atoms with Gasteiger partial charge in [0.2, 0.25) is 5.91 Å². The van der Waals surface area contributed by atoms with Crippen LogP contribution in [-0.2, 0) is 19.1 Å². The Kier molecular flexibility index (Phi) is 5.60. The average molecular weight is 321 g/mol. The Labute approximate surface area is 136 Å². The smallest absolute Gasteiger partial charge is 0.306 e. The van der Waals surface area contributed by atoms with Crippen molar-refractivity contribution in [1.29, 1.82) is 0 Å². The van der Waals surface area contributed by atoms with Crippen LogP contribution in [-0.4, -0.2) is 31.7 Å². The van der Waals surface area contributed by atoms with Crippen molar-refractivity contribution >= 4 is 17.6 Å². The third-order valence-corrected chi connectivity index (χ3v) is 3.57. The van der Waals surface area contributed by atoms with Crippen molar-refractivity contribution in [3.63, 3.8) is 0 Å². The lowest BCUT2D eigenvalue weighted by molar-refractivity contribution is -0.150. The molecule has 0 radical (unpaired) electrons. The Morgan fingerprint density at radius 2 is 2.13 bits per heavy atom. The van der Waals surface area contributed by atoms with Gasteiger partial charge in [-0.1, -0.05) is 0 Å². The molecule has 23 heavy (non-hydrogen) atoms. The maximum atomic E-state index is 11.9. The number of fused-ring (bicyclic) bond motifs is 1. The Balaban J connectivity index is 2.18. The van der Waals surface area contributed by atoms with E-state index in [1.54, 1.807) is 19.2 Å². The number of nitrogens with one attached hydrogen (secondary N) is 1. The first kappa shape index (κ1) is 17.3. The zero-order valence-electron chi connectivity index (χ0n) is 13.9. The second-order valence-corrected chi connectivity index (χ2v) is 5.90. The van der Waals surface area contributed by atoms with Gasteiger partial charge in [0.1, 0.15) is 5.75 Å². The molecule has 6 nitrogen and oxygen atoms in total. The fourth-order valence-corrected chi connectivity index (χ4v) is 2.73. The van der Waals surface area contributed by atoms with Gasteiger partial charge in [-0.05, 0) is 32.0 Å². The van der Waals surface area contributed by atoms with Crippen LogP contribution in [0.2, 0.25) is 0 Å². The normalized spacial score (nSPS) is 19.7. The van der Waals surface area contributed by atoms with Crippen molar-refractivity contribution in [2.75, 3.05) is 19.0 Å². The number of hydrogen-bond acceptors (Lipinski definition) is 5. The number of carbonyl (C=O) groups is 2. The molecule has 1 aliphatic rings. The summed E-state index contributed by atoms with van der Waals surface area (Å²) in [4.78, 5) is 23.1. The summed E-state index contributed by atoms with van der Waals surface area (Å²) in [5, 5.41) is 2.74. The zero-order chi connectivity index (χ0) is 17.0. The summed E-state index contributed by atoms with van der Waals surface area (Å²) < 4.78 is 16.5. The summed E-state index contributed by atoms with van der Waals surface area (Å²) in [6.07, 6.45) is -0.209. The van der Waals surface area contributed by atoms with Gasteiger partial charge in [0.25, 0.3) is 0 Å². The molecule has 0 bridgehead atoms. The van der Waals surface area contributed by atoms with Crippen LogP contribution in [0.4, 0.5) is 5.69 Å². The molecule has 0 aliphatic carbocycles. The van der Waals surface area contributed by atoms with Gasteiger partial charge in [0, 0.05) is 31.2 Å². The van der Waals surface area contributed by atoms with Gasteiger partial charge in [-0.2, -0.15) is 0 Å². The zero-order valence-corrected chi connectivity index (χ0v) is 13.9. The van der Waals surface area contributed by atoms with Crippen LogP contribution in [0.5, 0.6) is 5.75 Å². The quantitative estimate of drug-likeness (QED) is 0.844. The van der Waals surface area contributed by atoms with Gasteiger partial charge in [0.05, 0.1) is 25.2 Å². The molecule has 1 aromatic carbocycles. The Hall–Kier alpha value is -2.08. The number of benzene rings is 1. The summed E-state index contributed by atoms with van der Waals surface area (Å²) in [7, 11) is 1.60. The molecule has 0 spiro atoms. The monoisotopic (exact) mass is 321 g/mol. The number of ether oxygens (including phenoxy) is 3. The molecule has 0 fully saturated rings. The van der Waals surface area contributed by atoms with Gasteiger partial charge in [-0.3, -0.25) is 9.59 Å². The third-order valence-electron chi connectivity index (χ3n) is 3.57. The van der Waals surface area contributed by atoms with Crippen molar-refractivity contribution in [1.82, 2.24) is 0 Å². The molecule has 2 unspecified atom stereocenters. The summed E-state index contributed by atoms with van der Waals surface area (Å²) in [5.74, 6) is 0.163. The molecule has 0 aromatic heterocycles. The van der Waals surface area contributed by atoms with Gasteiger partial charge in [0.15, 0.2) is 0 Å². The van der Waals surface area contributed by atoms with E-state index in [1.165, 1.54) is 6.92 Å². The largest absolute Gasteiger partial charge is 0.493 e. The van der Waals surface area contributed by atoms with E-state index in [0.717, 1.165) is 5.56 Å². The SMILES string of the molecule is COC1c2cc(NC(C)=O)ccc2OCC1CC(=O)OC(C)C. The summed E-state index contributed by atoms with van der Waals surface area (Å²) in [6.45, 7) is 5.48. The number of carbonyl (C=O) groups excluding carboxylic acids is 2. The van der Waals surface area contributed by atoms with E-state index in [-0.39, 0.29) is 36.4 Å². The van der Waals surface area contributed by atoms with Gasteiger partial charge in [-0.15, -0.1) is 0 Å². The van der Waals surface area contributed by atoms with Crippen molar-refractivity contribution in [3.8, 4) is 5.75 Å². The minimum atomic E-state index is -0.285. The maximum Gasteiger partial charge on any atom is 0.306 e. The maximum absolute atomic E-state index is 11.9. The van der Waals surface area contributed by atoms with Crippen LogP contribution >= 0.6 is 0 Å². The van der Waals surface area contributed by atoms with Crippen LogP contribution in [0.25, 0.3) is 0 Å². The average Bonchev–Trinajstić information content (AvgIpc) is 2.45. The number of anilines is 1. The predicted molar refractivity (Wildman–Crippen MR) is 85.3 cm³/mol. The first-order chi connectivity index (χ1) is 10.9. The van der Waals surface area contributed by atoms with E-state index in [9.17, 15) is 9.59 Å². The minimum absolute atomic E-state index is 0.133. The molecular formula is C17H23NO5. The number of esters is 1. The van der Waals surface area contributed by atoms with Crippen molar-refractivity contribution < 1.29 is 23.8 Å². The van der Waals surface area contributed by atoms with Gasteiger partial charge < -0.3 is 19.5 Å². The van der Waals surface area contributed by atoms with Crippen molar-refractivity contribution in [2.45, 2.75) is 39.4 Å². The molecule has 6 heteroatoms. The van der Waals surface area contributed by atoms with Gasteiger partial charge in [-0.25, -0.2) is 0 Å². The highest BCUT2D eigenvalue weighted by Gasteiger charge is 2.33. The number of rotatable bonds is 5. The Morgan fingerprint density at radius 3 is 2.74 bits per heavy atom. The molecule has 2 rings (SSSR count). The lowest BCUT2D eigenvalue weighted by Gasteiger charge is -2.32. The standard InChI is InChI=1S/C17H23NO5/c1-10(2)23-16(20)7-12-9-22-15-6-5-13(18-11(3)19)8-14(15)17(12)21-4/h5-6,8,10,12,17H,7,9H2,1-4H3,(H,18,19). The molecule has 1 N–H and O–H groups in total. The Morgan fingerprint density at radius 1 is 1.39 bits per heavy atom. The first-order valence-electron chi connectivity index (χ1n) is 7.67. The topological polar surface area (TPSA) is 73.9 Å². The highest BCUT2D eigenvalue weighted by molar-refractivity contribution is 5.88. The highest BCUT2D eigenvalue weighted by Crippen LogP contribution is 2.40. The molecule has 1 heterocycles. The Bertz CT molecular complexity index is 584. The van der Waals surface area contributed by atoms with E-state index in [4.69, 9.17) is 14.2 Å². The van der Waals surface area contributed by atoms with Crippen molar-refractivity contribution in [3.05, 3.63) is 23.8 Å². The molecule has 0 saturated carbocycles. The van der Waals surface area contributed by atoms with Crippen molar-refractivity contribution in [2.24, 2.45) is 5.92 Å². The summed E-state index contributed by atoms with van der Waals surface area (Å²) in [6, 6.07) is 5.40. The minimum Gasteiger partial charge on any atom is -0.493 e. The van der Waals surface area contributed by atoms with Crippen LogP contribution in [0.3, 0.4) is 0 Å². The fourth-order valence-electron chi connectivity index (χ4n) is 2.73. The van der Waals surface area contributed by atoms with E-state index in [2.05, 4.69) is 5.32 Å². The van der Waals surface area contributed by atoms with Crippen LogP contribution < -0.4 is 10.1 Å². The number of hydrogen-bond donors (Lipinski definition) is 1. The number of amides is 1. The summed E-state index contributed by atoms with van der Waals surface area (Å²) >= 11 is 0. The molecule has 1 aromatic rings. The van der Waals surface area contributed by atoms with E-state index >= 15 is 0 Å². The van der Waals surface area contributed by atoms with E-state index in [1.807, 2.05) is 19.9 Å².